The molecule has 0 saturated carbocycles. The normalized spacial score (nSPS) is 20.5. The molecule has 1 saturated heterocycles. The van der Waals surface area contributed by atoms with Crippen LogP contribution in [-0.2, 0) is 10.0 Å². The molecule has 1 aromatic rings. The van der Waals surface area contributed by atoms with E-state index in [2.05, 4.69) is 4.98 Å². The third kappa shape index (κ3) is 1.51. The summed E-state index contributed by atoms with van der Waals surface area (Å²) in [4.78, 5) is 3.84. The lowest BCUT2D eigenvalue weighted by Gasteiger charge is -2.15. The van der Waals surface area contributed by atoms with Crippen LogP contribution in [0.2, 0.25) is 0 Å². The smallest absolute Gasteiger partial charge is 0.235 e. The highest BCUT2D eigenvalue weighted by atomic mass is 32.2. The van der Waals surface area contributed by atoms with E-state index in [0.717, 1.165) is 0 Å². The van der Waals surface area contributed by atoms with Crippen molar-refractivity contribution in [3.63, 3.8) is 0 Å². The summed E-state index contributed by atoms with van der Waals surface area (Å²) in [6.07, 6.45) is 3.91. The zero-order valence-corrected chi connectivity index (χ0v) is 7.87. The number of anilines is 1. The maximum atomic E-state index is 11.5. The number of hydrogen-bond donors (Lipinski definition) is 0. The minimum atomic E-state index is -3.03. The Hall–Kier alpha value is -1.10. The molecule has 1 aliphatic heterocycles. The van der Waals surface area contributed by atoms with Crippen LogP contribution in [0.5, 0.6) is 0 Å². The average molecular weight is 198 g/mol. The van der Waals surface area contributed by atoms with E-state index >= 15 is 0 Å². The molecule has 1 fully saturated rings. The van der Waals surface area contributed by atoms with Crippen molar-refractivity contribution >= 4 is 15.7 Å². The van der Waals surface area contributed by atoms with Crippen LogP contribution in [0, 0.1) is 0 Å². The van der Waals surface area contributed by atoms with Crippen molar-refractivity contribution in [3.8, 4) is 0 Å². The number of nitrogens with zero attached hydrogens (tertiary/aromatic N) is 2. The second-order valence-corrected chi connectivity index (χ2v) is 4.96. The zero-order chi connectivity index (χ0) is 9.31. The number of hydrogen-bond acceptors (Lipinski definition) is 3. The second kappa shape index (κ2) is 2.99. The molecule has 1 aliphatic rings. The van der Waals surface area contributed by atoms with Crippen molar-refractivity contribution < 1.29 is 8.42 Å². The van der Waals surface area contributed by atoms with Crippen LogP contribution in [0.25, 0.3) is 0 Å². The summed E-state index contributed by atoms with van der Waals surface area (Å²) in [5.41, 5.74) is 0.715. The molecule has 2 heterocycles. The van der Waals surface area contributed by atoms with Gasteiger partial charge in [-0.15, -0.1) is 0 Å². The Morgan fingerprint density at radius 3 is 2.54 bits per heavy atom. The van der Waals surface area contributed by atoms with E-state index < -0.39 is 10.0 Å². The molecule has 0 N–H and O–H groups in total. The summed E-state index contributed by atoms with van der Waals surface area (Å²) < 4.78 is 24.4. The fourth-order valence-corrected chi connectivity index (χ4v) is 3.00. The molecule has 0 atom stereocenters. The molecule has 5 heteroatoms. The van der Waals surface area contributed by atoms with Gasteiger partial charge in [0, 0.05) is 18.9 Å². The van der Waals surface area contributed by atoms with Crippen LogP contribution in [-0.4, -0.2) is 25.7 Å². The van der Waals surface area contributed by atoms with Gasteiger partial charge in [-0.1, -0.05) is 0 Å². The average Bonchev–Trinajstić information content (AvgIpc) is 2.47. The Labute approximate surface area is 77.3 Å². The topological polar surface area (TPSA) is 50.3 Å². The van der Waals surface area contributed by atoms with E-state index in [1.54, 1.807) is 24.5 Å². The molecule has 0 aromatic carbocycles. The monoisotopic (exact) mass is 198 g/mol. The Kier molecular flexibility index (Phi) is 1.95. The Morgan fingerprint density at radius 2 is 2.00 bits per heavy atom. The number of sulfonamides is 1. The van der Waals surface area contributed by atoms with E-state index in [9.17, 15) is 8.42 Å². The van der Waals surface area contributed by atoms with E-state index in [4.69, 9.17) is 0 Å². The summed E-state index contributed by atoms with van der Waals surface area (Å²) in [7, 11) is -3.03. The van der Waals surface area contributed by atoms with Gasteiger partial charge in [-0.2, -0.15) is 0 Å². The lowest BCUT2D eigenvalue weighted by atomic mass is 10.4. The van der Waals surface area contributed by atoms with E-state index in [1.165, 1.54) is 4.31 Å². The first-order valence-corrected chi connectivity index (χ1v) is 5.71. The third-order valence-corrected chi connectivity index (χ3v) is 3.92. The minimum Gasteiger partial charge on any atom is -0.270 e. The predicted octanol–water partition coefficient (Wildman–Crippen LogP) is 0.622. The standard InChI is InChI=1S/C8H10N2O2S/c11-13(12)7-1-6-10(13)8-2-4-9-5-3-8/h2-5H,1,6-7H2. The molecule has 0 radical (unpaired) electrons. The largest absolute Gasteiger partial charge is 0.270 e. The van der Waals surface area contributed by atoms with E-state index in [-0.39, 0.29) is 5.75 Å². The van der Waals surface area contributed by atoms with Crippen LogP contribution in [0.3, 0.4) is 0 Å². The fraction of sp³-hybridized carbons (Fsp3) is 0.375. The molecular formula is C8H10N2O2S. The molecule has 13 heavy (non-hydrogen) atoms. The van der Waals surface area contributed by atoms with Gasteiger partial charge in [-0.3, -0.25) is 9.29 Å². The minimum absolute atomic E-state index is 0.259. The maximum Gasteiger partial charge on any atom is 0.235 e. The fourth-order valence-electron chi connectivity index (χ4n) is 1.44. The van der Waals surface area contributed by atoms with Crippen LogP contribution in [0.15, 0.2) is 24.5 Å². The molecular weight excluding hydrogens is 188 g/mol. The first kappa shape index (κ1) is 8.50. The molecule has 0 spiro atoms. The summed E-state index contributed by atoms with van der Waals surface area (Å²) in [5.74, 6) is 0.259. The molecule has 2 rings (SSSR count). The van der Waals surface area contributed by atoms with Crippen LogP contribution >= 0.6 is 0 Å². The van der Waals surface area contributed by atoms with Crippen molar-refractivity contribution in [2.45, 2.75) is 6.42 Å². The molecule has 0 bridgehead atoms. The highest BCUT2D eigenvalue weighted by molar-refractivity contribution is 7.93. The second-order valence-electron chi connectivity index (χ2n) is 2.95. The summed E-state index contributed by atoms with van der Waals surface area (Å²) in [6, 6.07) is 3.42. The van der Waals surface area contributed by atoms with Gasteiger partial charge in [0.1, 0.15) is 0 Å². The molecule has 4 nitrogen and oxygen atoms in total. The number of rotatable bonds is 1. The van der Waals surface area contributed by atoms with Gasteiger partial charge in [-0.25, -0.2) is 8.42 Å². The summed E-state index contributed by atoms with van der Waals surface area (Å²) in [6.45, 7) is 0.590. The van der Waals surface area contributed by atoms with Gasteiger partial charge < -0.3 is 0 Å². The highest BCUT2D eigenvalue weighted by Crippen LogP contribution is 2.22. The van der Waals surface area contributed by atoms with Gasteiger partial charge in [0.25, 0.3) is 0 Å². The van der Waals surface area contributed by atoms with Gasteiger partial charge in [-0.05, 0) is 18.6 Å². The van der Waals surface area contributed by atoms with E-state index in [1.807, 2.05) is 0 Å². The van der Waals surface area contributed by atoms with Crippen molar-refractivity contribution in [2.24, 2.45) is 0 Å². The Balaban J connectivity index is 2.38. The lowest BCUT2D eigenvalue weighted by molar-refractivity contribution is 0.599. The predicted molar refractivity (Wildman–Crippen MR) is 50.0 cm³/mol. The lowest BCUT2D eigenvalue weighted by Crippen LogP contribution is -2.24. The maximum absolute atomic E-state index is 11.5. The molecule has 0 aliphatic carbocycles. The first-order chi connectivity index (χ1) is 6.20. The highest BCUT2D eigenvalue weighted by Gasteiger charge is 2.27. The van der Waals surface area contributed by atoms with Crippen LogP contribution in [0.1, 0.15) is 6.42 Å². The summed E-state index contributed by atoms with van der Waals surface area (Å²) in [5, 5.41) is 0. The zero-order valence-electron chi connectivity index (χ0n) is 7.05. The van der Waals surface area contributed by atoms with Gasteiger partial charge in [0.15, 0.2) is 0 Å². The summed E-state index contributed by atoms with van der Waals surface area (Å²) >= 11 is 0. The van der Waals surface area contributed by atoms with Crippen LogP contribution < -0.4 is 4.31 Å². The molecule has 70 valence electrons. The molecule has 0 unspecified atom stereocenters. The first-order valence-electron chi connectivity index (χ1n) is 4.10. The number of pyridine rings is 1. The van der Waals surface area contributed by atoms with E-state index in [0.29, 0.717) is 18.7 Å². The van der Waals surface area contributed by atoms with Gasteiger partial charge >= 0.3 is 0 Å². The van der Waals surface area contributed by atoms with Crippen LogP contribution in [0.4, 0.5) is 5.69 Å². The quantitative estimate of drug-likeness (QED) is 0.664. The molecule has 0 amide bonds. The van der Waals surface area contributed by atoms with Crippen molar-refractivity contribution in [2.75, 3.05) is 16.6 Å². The van der Waals surface area contributed by atoms with Crippen molar-refractivity contribution in [1.29, 1.82) is 0 Å². The Morgan fingerprint density at radius 1 is 1.31 bits per heavy atom. The van der Waals surface area contributed by atoms with Gasteiger partial charge in [0.05, 0.1) is 11.4 Å². The van der Waals surface area contributed by atoms with Gasteiger partial charge in [0.2, 0.25) is 10.0 Å². The third-order valence-electron chi connectivity index (χ3n) is 2.05. The van der Waals surface area contributed by atoms with Crippen molar-refractivity contribution in [3.05, 3.63) is 24.5 Å². The molecule has 1 aromatic heterocycles. The number of aromatic nitrogens is 1. The van der Waals surface area contributed by atoms with Crippen molar-refractivity contribution in [1.82, 2.24) is 4.98 Å². The SMILES string of the molecule is O=S1(=O)CCCN1c1ccncc1. The Bertz CT molecular complexity index is 388.